The van der Waals surface area contributed by atoms with Gasteiger partial charge in [0, 0.05) is 12.1 Å². The van der Waals surface area contributed by atoms with Crippen LogP contribution in [0.1, 0.15) is 12.0 Å². The Morgan fingerprint density at radius 2 is 2.12 bits per heavy atom. The summed E-state index contributed by atoms with van der Waals surface area (Å²) in [5.41, 5.74) is 4.88. The van der Waals surface area contributed by atoms with Gasteiger partial charge in [0.1, 0.15) is 5.70 Å². The highest BCUT2D eigenvalue weighted by Gasteiger charge is 2.23. The van der Waals surface area contributed by atoms with Crippen LogP contribution >= 0.6 is 0 Å². The van der Waals surface area contributed by atoms with Crippen LogP contribution in [0.5, 0.6) is 0 Å². The summed E-state index contributed by atoms with van der Waals surface area (Å²) in [6.07, 6.45) is 4.29. The number of fused-ring (bicyclic) bond motifs is 1. The van der Waals surface area contributed by atoms with E-state index in [1.807, 2.05) is 18.2 Å². The summed E-state index contributed by atoms with van der Waals surface area (Å²) < 4.78 is 0. The van der Waals surface area contributed by atoms with Crippen molar-refractivity contribution < 1.29 is 4.79 Å². The van der Waals surface area contributed by atoms with Crippen LogP contribution in [0.2, 0.25) is 0 Å². The van der Waals surface area contributed by atoms with Gasteiger partial charge in [-0.15, -0.1) is 0 Å². The summed E-state index contributed by atoms with van der Waals surface area (Å²) in [6, 6.07) is 6.02. The number of carbonyl (C=O) groups is 1. The predicted molar refractivity (Wildman–Crippen MR) is 64.2 cm³/mol. The minimum absolute atomic E-state index is 0.0425. The molecule has 0 saturated carbocycles. The topological polar surface area (TPSA) is 41.1 Å². The number of rotatable bonds is 0. The van der Waals surface area contributed by atoms with Crippen molar-refractivity contribution in [2.24, 2.45) is 0 Å². The standard InChI is InChI=1S/C13H12N2O/c1-8-4-2-5-9-12(8)14-10-6-3-7-11(16)13(10)15-9/h2-5,7,14-15H,6H2,1H3. The monoisotopic (exact) mass is 212 g/mol. The summed E-state index contributed by atoms with van der Waals surface area (Å²) in [6.45, 7) is 2.06. The van der Waals surface area contributed by atoms with Crippen molar-refractivity contribution in [2.45, 2.75) is 13.3 Å². The molecule has 0 bridgehead atoms. The molecule has 16 heavy (non-hydrogen) atoms. The van der Waals surface area contributed by atoms with Crippen LogP contribution in [0.4, 0.5) is 11.4 Å². The molecule has 3 nitrogen and oxygen atoms in total. The molecule has 0 saturated heterocycles. The maximum absolute atomic E-state index is 11.7. The molecule has 0 radical (unpaired) electrons. The third-order valence-corrected chi connectivity index (χ3v) is 2.95. The molecular weight excluding hydrogens is 200 g/mol. The summed E-state index contributed by atoms with van der Waals surface area (Å²) in [7, 11) is 0. The second kappa shape index (κ2) is 3.23. The van der Waals surface area contributed by atoms with Crippen molar-refractivity contribution in [3.05, 3.63) is 47.3 Å². The molecule has 1 heterocycles. The fourth-order valence-corrected chi connectivity index (χ4v) is 2.09. The zero-order chi connectivity index (χ0) is 11.1. The first-order valence-corrected chi connectivity index (χ1v) is 5.33. The Kier molecular flexibility index (Phi) is 1.86. The number of carbonyl (C=O) groups excluding carboxylic acids is 1. The Hall–Kier alpha value is -2.03. The van der Waals surface area contributed by atoms with Gasteiger partial charge in [0.25, 0.3) is 0 Å². The second-order valence-electron chi connectivity index (χ2n) is 4.07. The van der Waals surface area contributed by atoms with Crippen molar-refractivity contribution in [1.29, 1.82) is 0 Å². The van der Waals surface area contributed by atoms with Crippen molar-refractivity contribution >= 4 is 17.2 Å². The van der Waals surface area contributed by atoms with Gasteiger partial charge in [0.05, 0.1) is 11.4 Å². The maximum Gasteiger partial charge on any atom is 0.203 e. The Balaban J connectivity index is 2.08. The Morgan fingerprint density at radius 3 is 3.00 bits per heavy atom. The molecule has 1 aromatic rings. The number of anilines is 2. The van der Waals surface area contributed by atoms with Crippen molar-refractivity contribution in [3.8, 4) is 0 Å². The third-order valence-electron chi connectivity index (χ3n) is 2.95. The van der Waals surface area contributed by atoms with E-state index < -0.39 is 0 Å². The quantitative estimate of drug-likeness (QED) is 0.694. The predicted octanol–water partition coefficient (Wildman–Crippen LogP) is 2.57. The van der Waals surface area contributed by atoms with E-state index in [1.54, 1.807) is 6.08 Å². The van der Waals surface area contributed by atoms with E-state index in [0.29, 0.717) is 5.70 Å². The van der Waals surface area contributed by atoms with Crippen LogP contribution < -0.4 is 10.6 Å². The van der Waals surface area contributed by atoms with Gasteiger partial charge in [-0.2, -0.15) is 0 Å². The van der Waals surface area contributed by atoms with Gasteiger partial charge in [-0.3, -0.25) is 4.79 Å². The van der Waals surface area contributed by atoms with Crippen LogP contribution in [0, 0.1) is 6.92 Å². The molecule has 0 aromatic heterocycles. The lowest BCUT2D eigenvalue weighted by atomic mass is 10.0. The average molecular weight is 212 g/mol. The van der Waals surface area contributed by atoms with E-state index in [1.165, 1.54) is 5.56 Å². The largest absolute Gasteiger partial charge is 0.355 e. The molecule has 2 N–H and O–H groups in total. The van der Waals surface area contributed by atoms with Crippen molar-refractivity contribution in [3.63, 3.8) is 0 Å². The fourth-order valence-electron chi connectivity index (χ4n) is 2.09. The van der Waals surface area contributed by atoms with Crippen molar-refractivity contribution in [2.75, 3.05) is 10.6 Å². The molecule has 0 unspecified atom stereocenters. The number of allylic oxidation sites excluding steroid dienone is 2. The number of para-hydroxylation sites is 1. The molecule has 1 aliphatic carbocycles. The summed E-state index contributed by atoms with van der Waals surface area (Å²) >= 11 is 0. The highest BCUT2D eigenvalue weighted by Crippen LogP contribution is 2.34. The van der Waals surface area contributed by atoms with Crippen molar-refractivity contribution in [1.82, 2.24) is 0 Å². The number of hydrogen-bond donors (Lipinski definition) is 2. The number of benzene rings is 1. The molecule has 1 aliphatic heterocycles. The summed E-state index contributed by atoms with van der Waals surface area (Å²) in [5.74, 6) is 0.0425. The zero-order valence-electron chi connectivity index (χ0n) is 9.00. The SMILES string of the molecule is Cc1cccc2c1NC1=C(N2)C(=O)C=CC1. The highest BCUT2D eigenvalue weighted by molar-refractivity contribution is 6.09. The van der Waals surface area contributed by atoms with Gasteiger partial charge in [0.15, 0.2) is 0 Å². The molecule has 3 rings (SSSR count). The van der Waals surface area contributed by atoms with E-state index in [9.17, 15) is 4.79 Å². The van der Waals surface area contributed by atoms with Crippen LogP contribution in [0.15, 0.2) is 41.7 Å². The number of ketones is 1. The van der Waals surface area contributed by atoms with Gasteiger partial charge < -0.3 is 10.6 Å². The Morgan fingerprint density at radius 1 is 1.25 bits per heavy atom. The number of nitrogens with one attached hydrogen (secondary N) is 2. The van der Waals surface area contributed by atoms with Gasteiger partial charge >= 0.3 is 0 Å². The molecule has 1 aromatic carbocycles. The van der Waals surface area contributed by atoms with Gasteiger partial charge in [-0.05, 0) is 24.6 Å². The Bertz CT molecular complexity index is 541. The van der Waals surface area contributed by atoms with Gasteiger partial charge in [0.2, 0.25) is 5.78 Å². The first kappa shape index (κ1) is 9.21. The zero-order valence-corrected chi connectivity index (χ0v) is 9.00. The molecule has 0 spiro atoms. The van der Waals surface area contributed by atoms with Gasteiger partial charge in [-0.25, -0.2) is 0 Å². The fraction of sp³-hybridized carbons (Fsp3) is 0.154. The molecule has 80 valence electrons. The molecule has 0 amide bonds. The summed E-state index contributed by atoms with van der Waals surface area (Å²) in [5, 5.41) is 6.55. The lowest BCUT2D eigenvalue weighted by Crippen LogP contribution is -2.23. The van der Waals surface area contributed by atoms with E-state index in [2.05, 4.69) is 23.6 Å². The average Bonchev–Trinajstić information content (AvgIpc) is 2.29. The maximum atomic E-state index is 11.7. The van der Waals surface area contributed by atoms with Crippen LogP contribution in [0.3, 0.4) is 0 Å². The first-order valence-electron chi connectivity index (χ1n) is 5.33. The summed E-state index contributed by atoms with van der Waals surface area (Å²) in [4.78, 5) is 11.7. The van der Waals surface area contributed by atoms with E-state index >= 15 is 0 Å². The van der Waals surface area contributed by atoms with Crippen LogP contribution in [-0.4, -0.2) is 5.78 Å². The smallest absolute Gasteiger partial charge is 0.203 e. The first-order chi connectivity index (χ1) is 7.75. The minimum Gasteiger partial charge on any atom is -0.355 e. The lowest BCUT2D eigenvalue weighted by Gasteiger charge is -2.27. The van der Waals surface area contributed by atoms with Crippen LogP contribution in [0.25, 0.3) is 0 Å². The second-order valence-corrected chi connectivity index (χ2v) is 4.07. The minimum atomic E-state index is 0.0425. The molecule has 2 aliphatic rings. The number of hydrogen-bond acceptors (Lipinski definition) is 3. The number of aryl methyl sites for hydroxylation is 1. The normalized spacial score (nSPS) is 17.4. The molecular formula is C13H12N2O. The molecule has 0 atom stereocenters. The molecule has 0 fully saturated rings. The van der Waals surface area contributed by atoms with Gasteiger partial charge in [-0.1, -0.05) is 18.2 Å². The highest BCUT2D eigenvalue weighted by atomic mass is 16.1. The van der Waals surface area contributed by atoms with E-state index in [0.717, 1.165) is 23.5 Å². The molecule has 3 heteroatoms. The Labute approximate surface area is 93.9 Å². The third kappa shape index (κ3) is 1.25. The van der Waals surface area contributed by atoms with E-state index in [4.69, 9.17) is 0 Å². The van der Waals surface area contributed by atoms with Crippen LogP contribution in [-0.2, 0) is 4.79 Å². The lowest BCUT2D eigenvalue weighted by molar-refractivity contribution is -0.111. The van der Waals surface area contributed by atoms with E-state index in [-0.39, 0.29) is 5.78 Å².